The molecule has 1 amide bonds. The van der Waals surface area contributed by atoms with Gasteiger partial charge in [0.15, 0.2) is 18.9 Å². The maximum Gasteiger partial charge on any atom is 0.302 e. The summed E-state index contributed by atoms with van der Waals surface area (Å²) in [6.45, 7) is 0.293. The van der Waals surface area contributed by atoms with Crippen LogP contribution in [-0.2, 0) is 38.0 Å². The van der Waals surface area contributed by atoms with Crippen LogP contribution < -0.4 is 5.32 Å². The van der Waals surface area contributed by atoms with Crippen molar-refractivity contribution >= 4 is 11.9 Å². The van der Waals surface area contributed by atoms with Crippen molar-refractivity contribution in [1.29, 1.82) is 0 Å². The van der Waals surface area contributed by atoms with Crippen LogP contribution in [0.2, 0.25) is 0 Å². The number of aliphatic hydroxyl groups excluding tert-OH is 9. The van der Waals surface area contributed by atoms with Crippen LogP contribution in [0.3, 0.4) is 0 Å². The van der Waals surface area contributed by atoms with Gasteiger partial charge in [-0.25, -0.2) is 0 Å². The summed E-state index contributed by atoms with van der Waals surface area (Å²) in [7, 11) is 0. The summed E-state index contributed by atoms with van der Waals surface area (Å²) in [6, 6.07) is -1.40. The van der Waals surface area contributed by atoms with Crippen LogP contribution in [0.1, 0.15) is 13.8 Å². The van der Waals surface area contributed by atoms with Crippen molar-refractivity contribution in [3.8, 4) is 0 Å². The molecule has 40 heavy (non-hydrogen) atoms. The Kier molecular flexibility index (Phi) is 11.5. The summed E-state index contributed by atoms with van der Waals surface area (Å²) in [4.78, 5) is 23.2. The van der Waals surface area contributed by atoms with E-state index in [0.29, 0.717) is 0 Å². The van der Waals surface area contributed by atoms with Crippen molar-refractivity contribution in [2.75, 3.05) is 19.8 Å². The van der Waals surface area contributed by atoms with Crippen LogP contribution in [0, 0.1) is 0 Å². The van der Waals surface area contributed by atoms with Crippen molar-refractivity contribution in [3.63, 3.8) is 0 Å². The van der Waals surface area contributed by atoms with E-state index in [0.717, 1.165) is 13.8 Å². The molecule has 0 aromatic rings. The predicted octanol–water partition coefficient (Wildman–Crippen LogP) is -6.86. The van der Waals surface area contributed by atoms with Crippen LogP contribution in [0.4, 0.5) is 0 Å². The van der Waals surface area contributed by atoms with Gasteiger partial charge in [0.2, 0.25) is 5.91 Å². The Morgan fingerprint density at radius 2 is 1.32 bits per heavy atom. The maximum atomic E-state index is 11.7. The van der Waals surface area contributed by atoms with E-state index in [9.17, 15) is 55.5 Å². The number of esters is 1. The second-order valence-electron chi connectivity index (χ2n) is 9.73. The second kappa shape index (κ2) is 14.0. The number of rotatable bonds is 9. The Morgan fingerprint density at radius 1 is 0.700 bits per heavy atom. The summed E-state index contributed by atoms with van der Waals surface area (Å²) in [5.74, 6) is -1.39. The van der Waals surface area contributed by atoms with Crippen LogP contribution in [0.25, 0.3) is 0 Å². The summed E-state index contributed by atoms with van der Waals surface area (Å²) in [5.41, 5.74) is 0. The van der Waals surface area contributed by atoms with Crippen LogP contribution >= 0.6 is 0 Å². The average molecular weight is 588 g/mol. The minimum atomic E-state index is -1.87. The van der Waals surface area contributed by atoms with E-state index in [-0.39, 0.29) is 0 Å². The van der Waals surface area contributed by atoms with Crippen molar-refractivity contribution in [2.45, 2.75) is 106 Å². The highest BCUT2D eigenvalue weighted by molar-refractivity contribution is 5.73. The highest BCUT2D eigenvalue weighted by Crippen LogP contribution is 2.30. The van der Waals surface area contributed by atoms with Gasteiger partial charge in [-0.3, -0.25) is 9.59 Å². The normalized spacial score (nSPS) is 46.0. The Bertz CT molecular complexity index is 850. The number of aliphatic hydroxyl groups is 9. The molecule has 3 saturated heterocycles. The molecule has 232 valence electrons. The molecule has 0 saturated carbocycles. The predicted molar refractivity (Wildman–Crippen MR) is 122 cm³/mol. The molecular formula is C22H37NO17. The third-order valence-electron chi connectivity index (χ3n) is 6.75. The molecule has 0 aliphatic carbocycles. The zero-order valence-electron chi connectivity index (χ0n) is 21.6. The van der Waals surface area contributed by atoms with E-state index < -0.39 is 124 Å². The molecule has 3 rings (SSSR count). The Labute approximate surface area is 227 Å². The summed E-state index contributed by atoms with van der Waals surface area (Å²) in [6.07, 6.45) is -23.1. The first-order valence-corrected chi connectivity index (χ1v) is 12.5. The first-order valence-electron chi connectivity index (χ1n) is 12.5. The molecule has 3 heterocycles. The van der Waals surface area contributed by atoms with E-state index >= 15 is 0 Å². The van der Waals surface area contributed by atoms with Gasteiger partial charge in [-0.15, -0.1) is 0 Å². The van der Waals surface area contributed by atoms with Crippen LogP contribution in [0.15, 0.2) is 0 Å². The van der Waals surface area contributed by atoms with E-state index in [1.165, 1.54) is 0 Å². The highest BCUT2D eigenvalue weighted by atomic mass is 16.7. The number of hydrogen-bond donors (Lipinski definition) is 10. The summed E-state index contributed by atoms with van der Waals surface area (Å²) in [5, 5.41) is 93.5. The Balaban J connectivity index is 1.77. The molecule has 0 aromatic heterocycles. The van der Waals surface area contributed by atoms with Gasteiger partial charge in [0.1, 0.15) is 79.8 Å². The summed E-state index contributed by atoms with van der Waals surface area (Å²) < 4.78 is 32.3. The molecule has 0 spiro atoms. The molecule has 3 aliphatic rings. The lowest BCUT2D eigenvalue weighted by molar-refractivity contribution is -0.354. The van der Waals surface area contributed by atoms with Gasteiger partial charge in [0, 0.05) is 13.8 Å². The van der Waals surface area contributed by atoms with Gasteiger partial charge in [0.25, 0.3) is 0 Å². The number of ether oxygens (including phenoxy) is 6. The fourth-order valence-electron chi connectivity index (χ4n) is 4.54. The van der Waals surface area contributed by atoms with Crippen LogP contribution in [0.5, 0.6) is 0 Å². The fourth-order valence-corrected chi connectivity index (χ4v) is 4.54. The highest BCUT2D eigenvalue weighted by Gasteiger charge is 2.52. The minimum absolute atomic E-state index is 0.554. The molecule has 18 heteroatoms. The monoisotopic (exact) mass is 587 g/mol. The molecule has 3 fully saturated rings. The van der Waals surface area contributed by atoms with E-state index in [4.69, 9.17) is 28.4 Å². The quantitative estimate of drug-likeness (QED) is 0.112. The van der Waals surface area contributed by atoms with Crippen LogP contribution in [-0.4, -0.2) is 170 Å². The van der Waals surface area contributed by atoms with Gasteiger partial charge in [-0.05, 0) is 0 Å². The molecule has 18 nitrogen and oxygen atoms in total. The molecule has 0 aromatic carbocycles. The van der Waals surface area contributed by atoms with Gasteiger partial charge in [-0.2, -0.15) is 0 Å². The SMILES string of the molecule is CC(=O)N[C@H]1[C@@H](O[C@@H]2[C@H](O)[C@@H](O)[C@H](OC[C@H]3O[C@@H](O)[C@H](O)[C@@H](O)[C@H]3O)O[C@@H]2COC(C)=O)O[C@H](CO)[C@@H](O)[C@@H]1O. The molecular weight excluding hydrogens is 550 g/mol. The smallest absolute Gasteiger partial charge is 0.302 e. The first kappa shape index (κ1) is 32.9. The van der Waals surface area contributed by atoms with Gasteiger partial charge in [0.05, 0.1) is 13.2 Å². The molecule has 3 aliphatic heterocycles. The Hall–Kier alpha value is -1.62. The molecule has 0 bridgehead atoms. The van der Waals surface area contributed by atoms with Gasteiger partial charge < -0.3 is 79.7 Å². The third kappa shape index (κ3) is 7.41. The van der Waals surface area contributed by atoms with Crippen molar-refractivity contribution in [1.82, 2.24) is 5.32 Å². The summed E-state index contributed by atoms with van der Waals surface area (Å²) >= 11 is 0. The number of carbonyl (C=O) groups excluding carboxylic acids is 2. The topological polar surface area (TPSA) is 284 Å². The number of amides is 1. The van der Waals surface area contributed by atoms with Crippen molar-refractivity contribution in [3.05, 3.63) is 0 Å². The second-order valence-corrected chi connectivity index (χ2v) is 9.73. The third-order valence-corrected chi connectivity index (χ3v) is 6.75. The fraction of sp³-hybridized carbons (Fsp3) is 0.909. The first-order chi connectivity index (χ1) is 18.8. The average Bonchev–Trinajstić information content (AvgIpc) is 2.90. The number of carbonyl (C=O) groups is 2. The van der Waals surface area contributed by atoms with Gasteiger partial charge >= 0.3 is 5.97 Å². The Morgan fingerprint density at radius 3 is 1.93 bits per heavy atom. The largest absolute Gasteiger partial charge is 0.463 e. The van der Waals surface area contributed by atoms with E-state index in [1.807, 2.05) is 0 Å². The minimum Gasteiger partial charge on any atom is -0.463 e. The van der Waals surface area contributed by atoms with Crippen molar-refractivity contribution in [2.24, 2.45) is 0 Å². The van der Waals surface area contributed by atoms with E-state index in [1.54, 1.807) is 0 Å². The maximum absolute atomic E-state index is 11.7. The zero-order valence-corrected chi connectivity index (χ0v) is 21.6. The molecule has 15 atom stereocenters. The standard InChI is InChI=1S/C22H37NO17/c1-6(25)23-11-14(29)12(27)8(3-24)38-21(11)40-19-10(5-35-7(2)26)39-22(18(33)16(19)31)36-4-9-13(28)15(30)17(32)20(34)37-9/h8-22,24,27-34H,3-5H2,1-2H3,(H,23,25)/t8-,9-,10-,11-,12-,13+,14-,15+,16-,17-,18-,19+,20-,21-,22-/m1/s1. The van der Waals surface area contributed by atoms with Gasteiger partial charge in [-0.1, -0.05) is 0 Å². The zero-order chi connectivity index (χ0) is 29.9. The lowest BCUT2D eigenvalue weighted by Gasteiger charge is -2.47. The lowest BCUT2D eigenvalue weighted by atomic mass is 9.95. The number of hydrogen-bond acceptors (Lipinski definition) is 17. The van der Waals surface area contributed by atoms with Crippen molar-refractivity contribution < 1.29 is 84.0 Å². The van der Waals surface area contributed by atoms with E-state index in [2.05, 4.69) is 5.32 Å². The number of nitrogens with one attached hydrogen (secondary N) is 1. The lowest BCUT2D eigenvalue weighted by Crippen LogP contribution is -2.67. The molecule has 0 radical (unpaired) electrons. The molecule has 0 unspecified atom stereocenters. The molecule has 10 N–H and O–H groups in total.